The number of piperazine rings is 1. The van der Waals surface area contributed by atoms with Crippen molar-refractivity contribution in [2.45, 2.75) is 36.7 Å². The molecular formula is C18H26N4O3S. The Morgan fingerprint density at radius 2 is 1.73 bits per heavy atom. The fraction of sp³-hybridized carbons (Fsp3) is 0.556. The summed E-state index contributed by atoms with van der Waals surface area (Å²) in [4.78, 5) is 29.2. The Hall–Kier alpha value is -1.93. The van der Waals surface area contributed by atoms with E-state index in [0.717, 1.165) is 17.7 Å². The van der Waals surface area contributed by atoms with Gasteiger partial charge in [0.25, 0.3) is 0 Å². The van der Waals surface area contributed by atoms with Gasteiger partial charge in [-0.2, -0.15) is 0 Å². The normalized spacial score (nSPS) is 20.3. The van der Waals surface area contributed by atoms with Crippen LogP contribution < -0.4 is 10.6 Å². The van der Waals surface area contributed by atoms with Crippen LogP contribution in [0.25, 0.3) is 0 Å². The van der Waals surface area contributed by atoms with E-state index in [1.54, 1.807) is 35.4 Å². The van der Waals surface area contributed by atoms with Crippen LogP contribution in [-0.2, 0) is 15.6 Å². The van der Waals surface area contributed by atoms with E-state index >= 15 is 0 Å². The summed E-state index contributed by atoms with van der Waals surface area (Å²) in [5, 5.41) is 5.90. The van der Waals surface area contributed by atoms with Gasteiger partial charge in [-0.3, -0.25) is 13.9 Å². The molecule has 142 valence electrons. The second kappa shape index (κ2) is 8.18. The number of amides is 3. The molecule has 0 aromatic heterocycles. The summed E-state index contributed by atoms with van der Waals surface area (Å²) in [5.41, 5.74) is 0.684. The lowest BCUT2D eigenvalue weighted by molar-refractivity contribution is -0.126. The molecule has 1 aromatic rings. The molecule has 1 aromatic carbocycles. The highest BCUT2D eigenvalue weighted by molar-refractivity contribution is 7.84. The van der Waals surface area contributed by atoms with Gasteiger partial charge in [-0.05, 0) is 44.0 Å². The van der Waals surface area contributed by atoms with Crippen LogP contribution in [0.5, 0.6) is 0 Å². The van der Waals surface area contributed by atoms with Crippen LogP contribution in [0.3, 0.4) is 0 Å². The van der Waals surface area contributed by atoms with Crippen LogP contribution >= 0.6 is 0 Å². The Labute approximate surface area is 156 Å². The minimum atomic E-state index is -1.03. The van der Waals surface area contributed by atoms with Gasteiger partial charge in [0.05, 0.1) is 6.04 Å². The highest BCUT2D eigenvalue weighted by Gasteiger charge is 2.30. The summed E-state index contributed by atoms with van der Waals surface area (Å²) < 4.78 is 11.4. The zero-order chi connectivity index (χ0) is 18.7. The number of nitrogens with zero attached hydrogens (tertiary/aromatic N) is 2. The zero-order valence-corrected chi connectivity index (χ0v) is 16.1. The first-order valence-electron chi connectivity index (χ1n) is 8.98. The number of hydrogen-bond acceptors (Lipinski definition) is 4. The highest BCUT2D eigenvalue weighted by atomic mass is 32.2. The lowest BCUT2D eigenvalue weighted by atomic mass is 10.2. The lowest BCUT2D eigenvalue weighted by Gasteiger charge is -2.37. The van der Waals surface area contributed by atoms with E-state index in [-0.39, 0.29) is 18.0 Å². The van der Waals surface area contributed by atoms with E-state index in [1.165, 1.54) is 0 Å². The van der Waals surface area contributed by atoms with E-state index in [9.17, 15) is 13.8 Å². The maximum atomic E-state index is 12.4. The first kappa shape index (κ1) is 18.8. The number of nitrogens with one attached hydrogen (secondary N) is 2. The SMILES string of the molecule is C[C@H](C(=O)NC1CC1)N1CCN(C(=O)Nc2ccc([S@@](C)=O)cc2)CC1. The standard InChI is InChI=1S/C18H26N4O3S/c1-13(17(23)19-14-3-4-14)21-9-11-22(12-10-21)18(24)20-15-5-7-16(8-6-15)26(2)25/h5-8,13-14H,3-4,9-12H2,1-2H3,(H,19,23)(H,20,24)/t13-,26-/m1/s1. The van der Waals surface area contributed by atoms with Crippen LogP contribution in [-0.4, -0.2) is 70.5 Å². The highest BCUT2D eigenvalue weighted by Crippen LogP contribution is 2.19. The van der Waals surface area contributed by atoms with Gasteiger partial charge in [-0.1, -0.05) is 0 Å². The number of carbonyl (C=O) groups excluding carboxylic acids is 2. The van der Waals surface area contributed by atoms with E-state index in [1.807, 2.05) is 6.92 Å². The largest absolute Gasteiger partial charge is 0.352 e. The van der Waals surface area contributed by atoms with Crippen molar-refractivity contribution in [3.63, 3.8) is 0 Å². The quantitative estimate of drug-likeness (QED) is 0.808. The smallest absolute Gasteiger partial charge is 0.321 e. The molecule has 26 heavy (non-hydrogen) atoms. The summed E-state index contributed by atoms with van der Waals surface area (Å²) in [6, 6.07) is 7.08. The molecule has 1 saturated heterocycles. The second-order valence-corrected chi connectivity index (χ2v) is 8.27. The van der Waals surface area contributed by atoms with Crippen LogP contribution in [0.2, 0.25) is 0 Å². The Morgan fingerprint density at radius 3 is 2.27 bits per heavy atom. The number of hydrogen-bond donors (Lipinski definition) is 2. The molecule has 0 bridgehead atoms. The minimum Gasteiger partial charge on any atom is -0.352 e. The van der Waals surface area contributed by atoms with Crippen LogP contribution in [0.1, 0.15) is 19.8 Å². The van der Waals surface area contributed by atoms with Gasteiger partial charge in [-0.25, -0.2) is 4.79 Å². The third kappa shape index (κ3) is 4.82. The first-order valence-corrected chi connectivity index (χ1v) is 10.5. The average molecular weight is 378 g/mol. The van der Waals surface area contributed by atoms with Crippen molar-refractivity contribution in [3.8, 4) is 0 Å². The van der Waals surface area contributed by atoms with Gasteiger partial charge in [0.15, 0.2) is 0 Å². The van der Waals surface area contributed by atoms with E-state index < -0.39 is 10.8 Å². The van der Waals surface area contributed by atoms with Crippen molar-refractivity contribution in [2.75, 3.05) is 37.8 Å². The number of urea groups is 1. The summed E-state index contributed by atoms with van der Waals surface area (Å²) in [5.74, 6) is 0.0822. The summed E-state index contributed by atoms with van der Waals surface area (Å²) in [6.45, 7) is 4.46. The molecule has 1 heterocycles. The minimum absolute atomic E-state index is 0.0822. The molecule has 0 unspecified atom stereocenters. The van der Waals surface area contributed by atoms with Gasteiger partial charge < -0.3 is 15.5 Å². The Balaban J connectivity index is 1.46. The molecule has 3 amide bonds. The first-order chi connectivity index (χ1) is 12.4. The Kier molecular flexibility index (Phi) is 5.93. The third-order valence-electron chi connectivity index (χ3n) is 4.89. The second-order valence-electron chi connectivity index (χ2n) is 6.89. The Bertz CT molecular complexity index is 682. The van der Waals surface area contributed by atoms with Gasteiger partial charge >= 0.3 is 6.03 Å². The van der Waals surface area contributed by atoms with Crippen molar-refractivity contribution >= 4 is 28.4 Å². The predicted molar refractivity (Wildman–Crippen MR) is 102 cm³/mol. The molecule has 1 saturated carbocycles. The Morgan fingerprint density at radius 1 is 1.12 bits per heavy atom. The molecule has 1 aliphatic heterocycles. The van der Waals surface area contributed by atoms with Crippen LogP contribution in [0, 0.1) is 0 Å². The maximum Gasteiger partial charge on any atom is 0.321 e. The fourth-order valence-corrected chi connectivity index (χ4v) is 3.48. The summed E-state index contributed by atoms with van der Waals surface area (Å²) >= 11 is 0. The van der Waals surface area contributed by atoms with Crippen LogP contribution in [0.4, 0.5) is 10.5 Å². The van der Waals surface area contributed by atoms with Gasteiger partial charge in [0.2, 0.25) is 5.91 Å². The molecule has 2 fully saturated rings. The van der Waals surface area contributed by atoms with Gasteiger partial charge in [0.1, 0.15) is 0 Å². The van der Waals surface area contributed by atoms with Gasteiger partial charge in [0, 0.05) is 59.9 Å². The van der Waals surface area contributed by atoms with Crippen molar-refractivity contribution in [2.24, 2.45) is 0 Å². The summed E-state index contributed by atoms with van der Waals surface area (Å²) in [7, 11) is -1.03. The monoisotopic (exact) mass is 378 g/mol. The molecule has 1 aliphatic carbocycles. The number of benzene rings is 1. The van der Waals surface area contributed by atoms with E-state index in [2.05, 4.69) is 15.5 Å². The molecule has 8 heteroatoms. The maximum absolute atomic E-state index is 12.4. The lowest BCUT2D eigenvalue weighted by Crippen LogP contribution is -2.55. The topological polar surface area (TPSA) is 81.8 Å². The molecule has 7 nitrogen and oxygen atoms in total. The molecule has 3 rings (SSSR count). The molecule has 2 aliphatic rings. The fourth-order valence-electron chi connectivity index (χ4n) is 2.96. The number of carbonyl (C=O) groups is 2. The van der Waals surface area contributed by atoms with Crippen molar-refractivity contribution in [1.82, 2.24) is 15.1 Å². The van der Waals surface area contributed by atoms with E-state index in [4.69, 9.17) is 0 Å². The van der Waals surface area contributed by atoms with Crippen molar-refractivity contribution in [1.29, 1.82) is 0 Å². The zero-order valence-electron chi connectivity index (χ0n) is 15.2. The van der Waals surface area contributed by atoms with Gasteiger partial charge in [-0.15, -0.1) is 0 Å². The molecule has 0 spiro atoms. The molecular weight excluding hydrogens is 352 g/mol. The number of rotatable bonds is 5. The average Bonchev–Trinajstić information content (AvgIpc) is 3.45. The van der Waals surface area contributed by atoms with Crippen LogP contribution in [0.15, 0.2) is 29.2 Å². The molecule has 0 radical (unpaired) electrons. The third-order valence-corrected chi connectivity index (χ3v) is 5.83. The van der Waals surface area contributed by atoms with Crippen molar-refractivity contribution in [3.05, 3.63) is 24.3 Å². The number of anilines is 1. The van der Waals surface area contributed by atoms with Crippen molar-refractivity contribution < 1.29 is 13.8 Å². The molecule has 2 N–H and O–H groups in total. The predicted octanol–water partition coefficient (Wildman–Crippen LogP) is 1.24. The van der Waals surface area contributed by atoms with E-state index in [0.29, 0.717) is 37.9 Å². The molecule has 2 atom stereocenters. The summed E-state index contributed by atoms with van der Waals surface area (Å²) in [6.07, 6.45) is 3.79.